The van der Waals surface area contributed by atoms with E-state index in [9.17, 15) is 4.79 Å². The van der Waals surface area contributed by atoms with Crippen LogP contribution in [0.15, 0.2) is 41.0 Å². The van der Waals surface area contributed by atoms with Crippen molar-refractivity contribution in [3.05, 3.63) is 52.9 Å². The lowest BCUT2D eigenvalue weighted by molar-refractivity contribution is 0.0919. The summed E-state index contributed by atoms with van der Waals surface area (Å²) in [4.78, 5) is 11.6. The molecule has 0 aliphatic carbocycles. The minimum Gasteiger partial charge on any atom is -0.490 e. The number of carbonyl (C=O) groups excluding carboxylic acids is 1. The Labute approximate surface area is 116 Å². The van der Waals surface area contributed by atoms with Crippen LogP contribution in [-0.4, -0.2) is 19.1 Å². The molecule has 0 aliphatic rings. The molecule has 19 heavy (non-hydrogen) atoms. The molecule has 0 radical (unpaired) electrons. The van der Waals surface area contributed by atoms with E-state index in [0.29, 0.717) is 23.9 Å². The van der Waals surface area contributed by atoms with E-state index in [-0.39, 0.29) is 11.7 Å². The first-order valence-corrected chi connectivity index (χ1v) is 6.25. The van der Waals surface area contributed by atoms with Gasteiger partial charge in [0.2, 0.25) is 0 Å². The summed E-state index contributed by atoms with van der Waals surface area (Å²) in [5, 5.41) is 3.25. The summed E-state index contributed by atoms with van der Waals surface area (Å²) in [6.07, 6.45) is 1.46. The van der Waals surface area contributed by atoms with E-state index in [0.717, 1.165) is 5.56 Å². The number of hydrogen-bond acceptors (Lipinski definition) is 3. The SMILES string of the molecule is Cc1ccc(Cl)c(OCCNC(=O)c2ccco2)c1. The van der Waals surface area contributed by atoms with Gasteiger partial charge < -0.3 is 14.5 Å². The van der Waals surface area contributed by atoms with Crippen molar-refractivity contribution in [3.8, 4) is 5.75 Å². The maximum atomic E-state index is 11.6. The standard InChI is InChI=1S/C14H14ClNO3/c1-10-4-5-11(15)13(9-10)19-8-6-16-14(17)12-3-2-7-18-12/h2-5,7,9H,6,8H2,1H3,(H,16,17). The third-order valence-electron chi connectivity index (χ3n) is 2.48. The molecule has 0 fully saturated rings. The quantitative estimate of drug-likeness (QED) is 0.856. The van der Waals surface area contributed by atoms with Gasteiger partial charge in [-0.1, -0.05) is 17.7 Å². The third-order valence-corrected chi connectivity index (χ3v) is 2.79. The van der Waals surface area contributed by atoms with Gasteiger partial charge in [-0.3, -0.25) is 4.79 Å². The first-order chi connectivity index (χ1) is 9.16. The molecule has 1 aromatic heterocycles. The van der Waals surface area contributed by atoms with Crippen molar-refractivity contribution in [2.75, 3.05) is 13.2 Å². The van der Waals surface area contributed by atoms with Crippen LogP contribution in [0.4, 0.5) is 0 Å². The fourth-order valence-electron chi connectivity index (χ4n) is 1.54. The van der Waals surface area contributed by atoms with Gasteiger partial charge in [-0.2, -0.15) is 0 Å². The lowest BCUT2D eigenvalue weighted by Gasteiger charge is -2.09. The molecule has 0 unspecified atom stereocenters. The van der Waals surface area contributed by atoms with Crippen LogP contribution in [0.1, 0.15) is 16.1 Å². The molecule has 100 valence electrons. The Morgan fingerprint density at radius 1 is 1.42 bits per heavy atom. The van der Waals surface area contributed by atoms with Crippen LogP contribution in [0.2, 0.25) is 5.02 Å². The van der Waals surface area contributed by atoms with Gasteiger partial charge >= 0.3 is 0 Å². The van der Waals surface area contributed by atoms with Gasteiger partial charge in [-0.05, 0) is 36.8 Å². The molecule has 5 heteroatoms. The second-order valence-corrected chi connectivity index (χ2v) is 4.42. The molecule has 0 bridgehead atoms. The predicted molar refractivity (Wildman–Crippen MR) is 72.7 cm³/mol. The lowest BCUT2D eigenvalue weighted by atomic mass is 10.2. The molecule has 0 saturated carbocycles. The average molecular weight is 280 g/mol. The Morgan fingerprint density at radius 2 is 2.26 bits per heavy atom. The molecule has 1 aromatic carbocycles. The zero-order chi connectivity index (χ0) is 13.7. The zero-order valence-electron chi connectivity index (χ0n) is 10.5. The number of amides is 1. The zero-order valence-corrected chi connectivity index (χ0v) is 11.2. The largest absolute Gasteiger partial charge is 0.490 e. The van der Waals surface area contributed by atoms with Gasteiger partial charge in [0.25, 0.3) is 5.91 Å². The van der Waals surface area contributed by atoms with Crippen molar-refractivity contribution in [2.45, 2.75) is 6.92 Å². The van der Waals surface area contributed by atoms with Crippen LogP contribution >= 0.6 is 11.6 Å². The number of halogens is 1. The van der Waals surface area contributed by atoms with Crippen LogP contribution in [0.5, 0.6) is 5.75 Å². The molecular formula is C14H14ClNO3. The van der Waals surface area contributed by atoms with Gasteiger partial charge in [-0.25, -0.2) is 0 Å². The maximum absolute atomic E-state index is 11.6. The molecule has 1 N–H and O–H groups in total. The summed E-state index contributed by atoms with van der Waals surface area (Å²) in [5.41, 5.74) is 1.07. The Hall–Kier alpha value is -1.94. The molecule has 0 saturated heterocycles. The topological polar surface area (TPSA) is 51.5 Å². The highest BCUT2D eigenvalue weighted by Crippen LogP contribution is 2.24. The summed E-state index contributed by atoms with van der Waals surface area (Å²) >= 11 is 5.99. The number of hydrogen-bond donors (Lipinski definition) is 1. The van der Waals surface area contributed by atoms with E-state index in [1.165, 1.54) is 6.26 Å². The minimum atomic E-state index is -0.260. The number of furan rings is 1. The number of benzene rings is 1. The Bertz CT molecular complexity index is 552. The fourth-order valence-corrected chi connectivity index (χ4v) is 1.71. The molecule has 1 amide bonds. The summed E-state index contributed by atoms with van der Waals surface area (Å²) < 4.78 is 10.5. The van der Waals surface area contributed by atoms with Gasteiger partial charge in [0.05, 0.1) is 17.8 Å². The molecule has 0 spiro atoms. The van der Waals surface area contributed by atoms with Crippen molar-refractivity contribution < 1.29 is 13.9 Å². The van der Waals surface area contributed by atoms with Crippen molar-refractivity contribution in [1.29, 1.82) is 0 Å². The smallest absolute Gasteiger partial charge is 0.287 e. The van der Waals surface area contributed by atoms with Gasteiger partial charge in [0, 0.05) is 0 Å². The molecule has 2 rings (SSSR count). The third kappa shape index (κ3) is 3.76. The maximum Gasteiger partial charge on any atom is 0.287 e. The molecular weight excluding hydrogens is 266 g/mol. The van der Waals surface area contributed by atoms with Crippen LogP contribution in [0, 0.1) is 6.92 Å². The number of carbonyl (C=O) groups is 1. The summed E-state index contributed by atoms with van der Waals surface area (Å²) in [6, 6.07) is 8.82. The normalized spacial score (nSPS) is 10.2. The monoisotopic (exact) mass is 279 g/mol. The number of aryl methyl sites for hydroxylation is 1. The Kier molecular flexibility index (Phi) is 4.47. The molecule has 0 atom stereocenters. The number of rotatable bonds is 5. The van der Waals surface area contributed by atoms with E-state index in [1.807, 2.05) is 19.1 Å². The average Bonchev–Trinajstić information content (AvgIpc) is 2.92. The Balaban J connectivity index is 1.78. The molecule has 0 aliphatic heterocycles. The highest BCUT2D eigenvalue weighted by Gasteiger charge is 2.07. The summed E-state index contributed by atoms with van der Waals surface area (Å²) in [6.45, 7) is 2.68. The molecule has 4 nitrogen and oxygen atoms in total. The Morgan fingerprint density at radius 3 is 3.00 bits per heavy atom. The van der Waals surface area contributed by atoms with Gasteiger partial charge in [-0.15, -0.1) is 0 Å². The van der Waals surface area contributed by atoms with E-state index < -0.39 is 0 Å². The highest BCUT2D eigenvalue weighted by atomic mass is 35.5. The fraction of sp³-hybridized carbons (Fsp3) is 0.214. The first kappa shape index (κ1) is 13.5. The van der Waals surface area contributed by atoms with Crippen molar-refractivity contribution in [3.63, 3.8) is 0 Å². The summed E-state index contributed by atoms with van der Waals surface area (Å²) in [7, 11) is 0. The minimum absolute atomic E-state index is 0.260. The summed E-state index contributed by atoms with van der Waals surface area (Å²) in [5.74, 6) is 0.645. The number of ether oxygens (including phenoxy) is 1. The van der Waals surface area contributed by atoms with Crippen molar-refractivity contribution in [2.24, 2.45) is 0 Å². The van der Waals surface area contributed by atoms with Gasteiger partial charge in [0.1, 0.15) is 12.4 Å². The highest BCUT2D eigenvalue weighted by molar-refractivity contribution is 6.32. The number of nitrogens with one attached hydrogen (secondary N) is 1. The van der Waals surface area contributed by atoms with E-state index in [1.54, 1.807) is 18.2 Å². The second kappa shape index (κ2) is 6.29. The lowest BCUT2D eigenvalue weighted by Crippen LogP contribution is -2.27. The van der Waals surface area contributed by atoms with Crippen LogP contribution < -0.4 is 10.1 Å². The first-order valence-electron chi connectivity index (χ1n) is 5.87. The molecule has 1 heterocycles. The predicted octanol–water partition coefficient (Wildman–Crippen LogP) is 3.05. The van der Waals surface area contributed by atoms with Crippen molar-refractivity contribution in [1.82, 2.24) is 5.32 Å². The van der Waals surface area contributed by atoms with Crippen LogP contribution in [0.3, 0.4) is 0 Å². The van der Waals surface area contributed by atoms with E-state index in [4.69, 9.17) is 20.8 Å². The van der Waals surface area contributed by atoms with Crippen LogP contribution in [0.25, 0.3) is 0 Å². The van der Waals surface area contributed by atoms with Crippen molar-refractivity contribution >= 4 is 17.5 Å². The van der Waals surface area contributed by atoms with Crippen LogP contribution in [-0.2, 0) is 0 Å². The van der Waals surface area contributed by atoms with E-state index >= 15 is 0 Å². The van der Waals surface area contributed by atoms with Gasteiger partial charge in [0.15, 0.2) is 5.76 Å². The second-order valence-electron chi connectivity index (χ2n) is 4.02. The molecule has 2 aromatic rings. The van der Waals surface area contributed by atoms with E-state index in [2.05, 4.69) is 5.32 Å².